The van der Waals surface area contributed by atoms with Gasteiger partial charge in [0.2, 0.25) is 5.91 Å². The molecule has 150 valence electrons. The molecule has 2 heterocycles. The summed E-state index contributed by atoms with van der Waals surface area (Å²) in [4.78, 5) is 25.6. The zero-order valence-corrected chi connectivity index (χ0v) is 17.0. The molecular weight excluding hydrogens is 384 g/mol. The molecule has 3 aromatic rings. The van der Waals surface area contributed by atoms with Crippen LogP contribution in [0, 0.1) is 0 Å². The number of fused-ring (bicyclic) bond motifs is 1. The van der Waals surface area contributed by atoms with Crippen LogP contribution < -0.4 is 10.6 Å². The van der Waals surface area contributed by atoms with Gasteiger partial charge in [0.25, 0.3) is 5.91 Å². The number of carbonyl (C=O) groups is 2. The van der Waals surface area contributed by atoms with Gasteiger partial charge in [0.15, 0.2) is 5.76 Å². The fourth-order valence-corrected chi connectivity index (χ4v) is 4.53. The third-order valence-electron chi connectivity index (χ3n) is 5.22. The van der Waals surface area contributed by atoms with E-state index in [9.17, 15) is 9.59 Å². The van der Waals surface area contributed by atoms with Gasteiger partial charge in [0.1, 0.15) is 0 Å². The molecule has 2 amide bonds. The van der Waals surface area contributed by atoms with Crippen molar-refractivity contribution in [3.05, 3.63) is 81.4 Å². The first kappa shape index (κ1) is 19.5. The number of aryl methyl sites for hydroxylation is 2. The lowest BCUT2D eigenvalue weighted by Gasteiger charge is -2.22. The topological polar surface area (TPSA) is 71.3 Å². The monoisotopic (exact) mass is 408 g/mol. The minimum absolute atomic E-state index is 0.0964. The number of hydrogen-bond acceptors (Lipinski definition) is 4. The number of hydrogen-bond donors (Lipinski definition) is 2. The second kappa shape index (κ2) is 9.09. The smallest absolute Gasteiger partial charge is 0.286 e. The van der Waals surface area contributed by atoms with E-state index in [0.29, 0.717) is 0 Å². The molecule has 4 rings (SSSR count). The van der Waals surface area contributed by atoms with Crippen molar-refractivity contribution in [2.24, 2.45) is 0 Å². The molecule has 0 spiro atoms. The number of rotatable bonds is 7. The number of nitrogens with one attached hydrogen (secondary N) is 2. The summed E-state index contributed by atoms with van der Waals surface area (Å²) in [5.74, 6) is -0.163. The Bertz CT molecular complexity index is 964. The van der Waals surface area contributed by atoms with Crippen LogP contribution in [0.5, 0.6) is 0 Å². The third-order valence-corrected chi connectivity index (χ3v) is 6.16. The van der Waals surface area contributed by atoms with Gasteiger partial charge in [-0.05, 0) is 66.0 Å². The van der Waals surface area contributed by atoms with Crippen molar-refractivity contribution < 1.29 is 14.0 Å². The molecule has 5 nitrogen and oxygen atoms in total. The van der Waals surface area contributed by atoms with Gasteiger partial charge in [-0.15, -0.1) is 11.3 Å². The molecule has 0 fully saturated rings. The molecule has 0 saturated heterocycles. The maximum Gasteiger partial charge on any atom is 0.286 e. The molecule has 0 unspecified atom stereocenters. The average Bonchev–Trinajstić information content (AvgIpc) is 3.46. The number of amides is 2. The Morgan fingerprint density at radius 1 is 1.07 bits per heavy atom. The van der Waals surface area contributed by atoms with Gasteiger partial charge in [-0.1, -0.05) is 24.3 Å². The van der Waals surface area contributed by atoms with E-state index in [1.54, 1.807) is 23.5 Å². The molecule has 0 saturated carbocycles. The normalized spacial score (nSPS) is 14.1. The Morgan fingerprint density at radius 2 is 1.93 bits per heavy atom. The van der Waals surface area contributed by atoms with Crippen LogP contribution in [0.2, 0.25) is 0 Å². The van der Waals surface area contributed by atoms with Gasteiger partial charge in [-0.25, -0.2) is 0 Å². The molecular formula is C23H24N2O3S. The van der Waals surface area contributed by atoms with E-state index in [4.69, 9.17) is 4.42 Å². The van der Waals surface area contributed by atoms with Gasteiger partial charge in [0, 0.05) is 17.8 Å². The van der Waals surface area contributed by atoms with Crippen LogP contribution in [-0.2, 0) is 17.6 Å². The summed E-state index contributed by atoms with van der Waals surface area (Å²) in [7, 11) is 0. The first-order valence-corrected chi connectivity index (χ1v) is 10.8. The van der Waals surface area contributed by atoms with E-state index in [-0.39, 0.29) is 36.6 Å². The van der Waals surface area contributed by atoms with Crippen molar-refractivity contribution in [3.8, 4) is 0 Å². The first-order chi connectivity index (χ1) is 14.2. The number of furan rings is 1. The van der Waals surface area contributed by atoms with Crippen LogP contribution in [0.3, 0.4) is 0 Å². The van der Waals surface area contributed by atoms with E-state index < -0.39 is 0 Å². The predicted octanol–water partition coefficient (Wildman–Crippen LogP) is 4.25. The van der Waals surface area contributed by atoms with Crippen molar-refractivity contribution in [2.45, 2.75) is 38.1 Å². The minimum Gasteiger partial charge on any atom is -0.459 e. The molecule has 29 heavy (non-hydrogen) atoms. The highest BCUT2D eigenvalue weighted by molar-refractivity contribution is 7.10. The van der Waals surface area contributed by atoms with Gasteiger partial charge >= 0.3 is 0 Å². The summed E-state index contributed by atoms with van der Waals surface area (Å²) in [6.07, 6.45) is 6.38. The molecule has 1 atom stereocenters. The van der Waals surface area contributed by atoms with Crippen LogP contribution >= 0.6 is 11.3 Å². The highest BCUT2D eigenvalue weighted by Gasteiger charge is 2.20. The largest absolute Gasteiger partial charge is 0.459 e. The summed E-state index contributed by atoms with van der Waals surface area (Å²) >= 11 is 1.64. The van der Waals surface area contributed by atoms with Gasteiger partial charge in [0.05, 0.1) is 12.3 Å². The fourth-order valence-electron chi connectivity index (χ4n) is 3.72. The van der Waals surface area contributed by atoms with E-state index >= 15 is 0 Å². The van der Waals surface area contributed by atoms with E-state index in [1.165, 1.54) is 30.2 Å². The van der Waals surface area contributed by atoms with E-state index in [2.05, 4.69) is 28.8 Å². The van der Waals surface area contributed by atoms with Crippen LogP contribution in [-0.4, -0.2) is 18.4 Å². The number of benzene rings is 1. The minimum atomic E-state index is -0.313. The molecule has 1 aromatic carbocycles. The quantitative estimate of drug-likeness (QED) is 0.614. The Morgan fingerprint density at radius 3 is 2.69 bits per heavy atom. The third kappa shape index (κ3) is 4.77. The molecule has 0 bridgehead atoms. The maximum absolute atomic E-state index is 12.6. The standard InChI is InChI=1S/C23H24N2O3S/c26-21(11-12-24-23(27)19-7-3-13-28-19)25-22(20-8-4-14-29-20)18-10-9-16-5-1-2-6-17(16)15-18/h3-4,7-10,13-15,22H,1-2,5-6,11-12H2,(H,24,27)(H,25,26)/t22-/m1/s1. The lowest BCUT2D eigenvalue weighted by atomic mass is 9.89. The highest BCUT2D eigenvalue weighted by Crippen LogP contribution is 2.30. The SMILES string of the molecule is O=C(CCNC(=O)c1ccco1)N[C@H](c1ccc2c(c1)CCCC2)c1cccs1. The van der Waals surface area contributed by atoms with Gasteiger partial charge in [-0.2, -0.15) is 0 Å². The van der Waals surface area contributed by atoms with Crippen molar-refractivity contribution in [2.75, 3.05) is 6.54 Å². The van der Waals surface area contributed by atoms with Crippen LogP contribution in [0.25, 0.3) is 0 Å². The van der Waals surface area contributed by atoms with Crippen molar-refractivity contribution in [1.29, 1.82) is 0 Å². The van der Waals surface area contributed by atoms with E-state index in [1.807, 2.05) is 17.5 Å². The lowest BCUT2D eigenvalue weighted by molar-refractivity contribution is -0.121. The number of thiophene rings is 1. The lowest BCUT2D eigenvalue weighted by Crippen LogP contribution is -2.33. The molecule has 1 aliphatic rings. The Labute approximate surface area is 174 Å². The summed E-state index contributed by atoms with van der Waals surface area (Å²) in [6, 6.07) is 13.7. The zero-order valence-electron chi connectivity index (χ0n) is 16.1. The molecule has 0 radical (unpaired) electrons. The highest BCUT2D eigenvalue weighted by atomic mass is 32.1. The Kier molecular flexibility index (Phi) is 6.10. The summed E-state index contributed by atoms with van der Waals surface area (Å²) < 4.78 is 5.06. The van der Waals surface area contributed by atoms with Crippen LogP contribution in [0.4, 0.5) is 0 Å². The Balaban J connectivity index is 1.41. The maximum atomic E-state index is 12.6. The first-order valence-electron chi connectivity index (χ1n) is 9.97. The fraction of sp³-hybridized carbons (Fsp3) is 0.304. The average molecular weight is 409 g/mol. The molecule has 6 heteroatoms. The zero-order chi connectivity index (χ0) is 20.1. The second-order valence-electron chi connectivity index (χ2n) is 7.23. The van der Waals surface area contributed by atoms with Crippen molar-refractivity contribution in [3.63, 3.8) is 0 Å². The summed E-state index contributed by atoms with van der Waals surface area (Å²) in [6.45, 7) is 0.257. The molecule has 2 N–H and O–H groups in total. The van der Waals surface area contributed by atoms with Crippen LogP contribution in [0.15, 0.2) is 58.5 Å². The number of carbonyl (C=O) groups excluding carboxylic acids is 2. The molecule has 1 aliphatic carbocycles. The van der Waals surface area contributed by atoms with Crippen molar-refractivity contribution in [1.82, 2.24) is 10.6 Å². The Hall–Kier alpha value is -2.86. The summed E-state index contributed by atoms with van der Waals surface area (Å²) in [5, 5.41) is 7.89. The van der Waals surface area contributed by atoms with Gasteiger partial charge < -0.3 is 15.1 Å². The molecule has 0 aliphatic heterocycles. The second-order valence-corrected chi connectivity index (χ2v) is 8.21. The van der Waals surface area contributed by atoms with Crippen molar-refractivity contribution >= 4 is 23.2 Å². The van der Waals surface area contributed by atoms with Gasteiger partial charge in [-0.3, -0.25) is 9.59 Å². The summed E-state index contributed by atoms with van der Waals surface area (Å²) in [5.41, 5.74) is 3.94. The van der Waals surface area contributed by atoms with Crippen LogP contribution in [0.1, 0.15) is 57.4 Å². The predicted molar refractivity (Wildman–Crippen MR) is 113 cm³/mol. The van der Waals surface area contributed by atoms with E-state index in [0.717, 1.165) is 23.3 Å². The molecule has 2 aromatic heterocycles.